The maximum absolute atomic E-state index is 12.4. The zero-order valence-electron chi connectivity index (χ0n) is 13.5. The van der Waals surface area contributed by atoms with Gasteiger partial charge >= 0.3 is 5.97 Å². The minimum absolute atomic E-state index is 0.343. The van der Waals surface area contributed by atoms with Gasteiger partial charge in [-0.1, -0.05) is 11.3 Å². The summed E-state index contributed by atoms with van der Waals surface area (Å²) in [6.45, 7) is 2.52. The van der Waals surface area contributed by atoms with Gasteiger partial charge in [-0.15, -0.1) is 0 Å². The van der Waals surface area contributed by atoms with E-state index >= 15 is 0 Å². The summed E-state index contributed by atoms with van der Waals surface area (Å²) in [7, 11) is 3.18. The maximum atomic E-state index is 12.4. The Labute approximate surface area is 141 Å². The molecule has 0 unspecified atom stereocenters. The van der Waals surface area contributed by atoms with E-state index in [2.05, 4.69) is 10.1 Å². The molecule has 0 aliphatic heterocycles. The molecule has 0 spiro atoms. The number of nitrogens with zero attached hydrogens (tertiary/aromatic N) is 4. The van der Waals surface area contributed by atoms with E-state index < -0.39 is 5.97 Å². The van der Waals surface area contributed by atoms with E-state index in [0.717, 1.165) is 10.2 Å². The number of aromatic nitrogens is 3. The van der Waals surface area contributed by atoms with Crippen LogP contribution in [0.1, 0.15) is 27.8 Å². The second-order valence-electron chi connectivity index (χ2n) is 5.07. The van der Waals surface area contributed by atoms with Crippen LogP contribution in [0.2, 0.25) is 0 Å². The molecule has 1 aromatic carbocycles. The van der Waals surface area contributed by atoms with E-state index in [9.17, 15) is 9.59 Å². The number of rotatable bonds is 3. The molecule has 0 atom stereocenters. The zero-order chi connectivity index (χ0) is 17.3. The standard InChI is InChI=1S/C16H16N4O3S/c1-4-20-12(7-8-17-20)14(21)18-16-19(2)11-6-5-10(15(22)23-3)9-13(11)24-16/h5-9H,4H2,1-3H3. The Morgan fingerprint density at radius 2 is 2.12 bits per heavy atom. The average molecular weight is 344 g/mol. The Morgan fingerprint density at radius 3 is 2.83 bits per heavy atom. The molecule has 0 aliphatic rings. The predicted octanol–water partition coefficient (Wildman–Crippen LogP) is 1.98. The number of methoxy groups -OCH3 is 1. The summed E-state index contributed by atoms with van der Waals surface area (Å²) in [5, 5.41) is 4.08. The van der Waals surface area contributed by atoms with E-state index in [-0.39, 0.29) is 5.91 Å². The van der Waals surface area contributed by atoms with Crippen molar-refractivity contribution in [3.63, 3.8) is 0 Å². The SMILES string of the molecule is CCn1nccc1C(=O)N=c1sc2cc(C(=O)OC)ccc2n1C. The molecule has 1 amide bonds. The fraction of sp³-hybridized carbons (Fsp3) is 0.250. The summed E-state index contributed by atoms with van der Waals surface area (Å²) in [6.07, 6.45) is 1.58. The van der Waals surface area contributed by atoms with Gasteiger partial charge in [0.25, 0.3) is 5.91 Å². The first-order valence-electron chi connectivity index (χ1n) is 7.34. The fourth-order valence-corrected chi connectivity index (χ4v) is 3.45. The first kappa shape index (κ1) is 16.1. The number of carbonyl (C=O) groups is 2. The fourth-order valence-electron chi connectivity index (χ4n) is 2.40. The topological polar surface area (TPSA) is 78.5 Å². The Morgan fingerprint density at radius 1 is 1.33 bits per heavy atom. The van der Waals surface area contributed by atoms with Crippen molar-refractivity contribution in [2.24, 2.45) is 12.0 Å². The molecule has 0 aliphatic carbocycles. The lowest BCUT2D eigenvalue weighted by Crippen LogP contribution is -2.15. The van der Waals surface area contributed by atoms with Gasteiger partial charge in [0, 0.05) is 19.8 Å². The molecular formula is C16H16N4O3S. The third-order valence-corrected chi connectivity index (χ3v) is 4.76. The van der Waals surface area contributed by atoms with Gasteiger partial charge in [0.05, 0.1) is 22.9 Å². The van der Waals surface area contributed by atoms with Gasteiger partial charge in [0.2, 0.25) is 0 Å². The van der Waals surface area contributed by atoms with Gasteiger partial charge in [-0.05, 0) is 31.2 Å². The predicted molar refractivity (Wildman–Crippen MR) is 89.9 cm³/mol. The first-order valence-corrected chi connectivity index (χ1v) is 8.15. The number of fused-ring (bicyclic) bond motifs is 1. The first-order chi connectivity index (χ1) is 11.5. The third kappa shape index (κ3) is 2.76. The van der Waals surface area contributed by atoms with Crippen LogP contribution in [-0.2, 0) is 18.3 Å². The molecule has 0 fully saturated rings. The molecule has 0 N–H and O–H groups in total. The monoisotopic (exact) mass is 344 g/mol. The second kappa shape index (κ2) is 6.40. The van der Waals surface area contributed by atoms with Gasteiger partial charge in [-0.25, -0.2) is 4.79 Å². The smallest absolute Gasteiger partial charge is 0.337 e. The van der Waals surface area contributed by atoms with E-state index in [0.29, 0.717) is 22.6 Å². The number of amides is 1. The number of aryl methyl sites for hydroxylation is 2. The zero-order valence-corrected chi connectivity index (χ0v) is 14.3. The Balaban J connectivity index is 2.08. The quantitative estimate of drug-likeness (QED) is 0.681. The lowest BCUT2D eigenvalue weighted by molar-refractivity contribution is 0.0601. The van der Waals surface area contributed by atoms with Crippen molar-refractivity contribution in [1.29, 1.82) is 0 Å². The van der Waals surface area contributed by atoms with Crippen molar-refractivity contribution >= 4 is 33.4 Å². The number of hydrogen-bond acceptors (Lipinski definition) is 5. The molecule has 0 radical (unpaired) electrons. The highest BCUT2D eigenvalue weighted by Gasteiger charge is 2.13. The Bertz CT molecular complexity index is 996. The van der Waals surface area contributed by atoms with Gasteiger partial charge in [0.15, 0.2) is 4.80 Å². The number of benzene rings is 1. The largest absolute Gasteiger partial charge is 0.465 e. The highest BCUT2D eigenvalue weighted by atomic mass is 32.1. The number of esters is 1. The van der Waals surface area contributed by atoms with Crippen LogP contribution >= 0.6 is 11.3 Å². The van der Waals surface area contributed by atoms with Crippen molar-refractivity contribution in [1.82, 2.24) is 14.3 Å². The Hall–Kier alpha value is -2.74. The number of carbonyl (C=O) groups excluding carboxylic acids is 2. The van der Waals surface area contributed by atoms with Crippen LogP contribution in [0, 0.1) is 0 Å². The van der Waals surface area contributed by atoms with E-state index in [1.807, 2.05) is 24.6 Å². The molecule has 8 heteroatoms. The molecule has 2 heterocycles. The van der Waals surface area contributed by atoms with Crippen LogP contribution < -0.4 is 4.80 Å². The molecule has 24 heavy (non-hydrogen) atoms. The van der Waals surface area contributed by atoms with Crippen molar-refractivity contribution in [3.05, 3.63) is 46.5 Å². The van der Waals surface area contributed by atoms with E-state index in [4.69, 9.17) is 4.74 Å². The van der Waals surface area contributed by atoms with Crippen LogP contribution in [0.3, 0.4) is 0 Å². The van der Waals surface area contributed by atoms with Crippen LogP contribution in [0.5, 0.6) is 0 Å². The van der Waals surface area contributed by atoms with Crippen molar-refractivity contribution in [2.45, 2.75) is 13.5 Å². The average Bonchev–Trinajstić information content (AvgIpc) is 3.19. The van der Waals surface area contributed by atoms with Gasteiger partial charge in [0.1, 0.15) is 5.69 Å². The van der Waals surface area contributed by atoms with Crippen LogP contribution in [0.15, 0.2) is 35.5 Å². The molecule has 0 saturated heterocycles. The van der Waals surface area contributed by atoms with Crippen LogP contribution in [-0.4, -0.2) is 33.3 Å². The van der Waals surface area contributed by atoms with Crippen LogP contribution in [0.25, 0.3) is 10.2 Å². The summed E-state index contributed by atoms with van der Waals surface area (Å²) in [6, 6.07) is 6.90. The van der Waals surface area contributed by atoms with Gasteiger partial charge in [-0.2, -0.15) is 10.1 Å². The normalized spacial score (nSPS) is 11.9. The summed E-state index contributed by atoms with van der Waals surface area (Å²) < 4.78 is 9.02. The Kier molecular flexibility index (Phi) is 4.30. The van der Waals surface area contributed by atoms with E-state index in [1.54, 1.807) is 29.1 Å². The summed E-state index contributed by atoms with van der Waals surface area (Å²) >= 11 is 1.34. The molecule has 3 aromatic rings. The van der Waals surface area contributed by atoms with Crippen molar-refractivity contribution in [2.75, 3.05) is 7.11 Å². The molecular weight excluding hydrogens is 328 g/mol. The molecule has 0 saturated carbocycles. The molecule has 3 rings (SSSR count). The van der Waals surface area contributed by atoms with Crippen molar-refractivity contribution in [3.8, 4) is 0 Å². The van der Waals surface area contributed by atoms with Gasteiger partial charge in [-0.3, -0.25) is 9.48 Å². The number of ether oxygens (including phenoxy) is 1. The van der Waals surface area contributed by atoms with Crippen LogP contribution in [0.4, 0.5) is 0 Å². The lowest BCUT2D eigenvalue weighted by Gasteiger charge is -2.00. The highest BCUT2D eigenvalue weighted by molar-refractivity contribution is 7.16. The molecule has 0 bridgehead atoms. The minimum Gasteiger partial charge on any atom is -0.465 e. The minimum atomic E-state index is -0.394. The number of thiazole rings is 1. The highest BCUT2D eigenvalue weighted by Crippen LogP contribution is 2.19. The summed E-state index contributed by atoms with van der Waals surface area (Å²) in [5.41, 5.74) is 1.81. The lowest BCUT2D eigenvalue weighted by atomic mass is 10.2. The summed E-state index contributed by atoms with van der Waals surface area (Å²) in [4.78, 5) is 28.8. The van der Waals surface area contributed by atoms with Gasteiger partial charge < -0.3 is 9.30 Å². The molecule has 124 valence electrons. The maximum Gasteiger partial charge on any atom is 0.337 e. The third-order valence-electron chi connectivity index (χ3n) is 3.66. The summed E-state index contributed by atoms with van der Waals surface area (Å²) in [5.74, 6) is -0.737. The molecule has 2 aromatic heterocycles. The van der Waals surface area contributed by atoms with Crippen molar-refractivity contribution < 1.29 is 14.3 Å². The van der Waals surface area contributed by atoms with E-state index in [1.165, 1.54) is 18.4 Å². The second-order valence-corrected chi connectivity index (χ2v) is 6.08. The number of hydrogen-bond donors (Lipinski definition) is 0. The molecule has 7 nitrogen and oxygen atoms in total.